The van der Waals surface area contributed by atoms with Gasteiger partial charge in [-0.15, -0.1) is 0 Å². The van der Waals surface area contributed by atoms with Gasteiger partial charge in [-0.05, 0) is 43.1 Å². The van der Waals surface area contributed by atoms with Gasteiger partial charge in [0.2, 0.25) is 0 Å². The van der Waals surface area contributed by atoms with Crippen LogP contribution in [0, 0.1) is 6.92 Å². The van der Waals surface area contributed by atoms with Crippen molar-refractivity contribution in [2.45, 2.75) is 26.8 Å². The van der Waals surface area contributed by atoms with Crippen LogP contribution in [-0.4, -0.2) is 6.54 Å². The first-order chi connectivity index (χ1) is 10.0. The molecule has 0 amide bonds. The summed E-state index contributed by atoms with van der Waals surface area (Å²) >= 11 is 18.7. The predicted molar refractivity (Wildman–Crippen MR) is 93.6 cm³/mol. The van der Waals surface area contributed by atoms with E-state index < -0.39 is 0 Å². The molecule has 0 heterocycles. The van der Waals surface area contributed by atoms with E-state index in [-0.39, 0.29) is 0 Å². The minimum absolute atomic E-state index is 0.548. The standard InChI is InChI=1S/C17H18Cl3N/c1-3-6-21-10-12-5-4-11(2)7-14(12)17-15(19)8-13(18)9-16(17)20/h4-5,7-9,21H,3,6,10H2,1-2H3. The molecule has 0 radical (unpaired) electrons. The topological polar surface area (TPSA) is 12.0 Å². The number of benzene rings is 2. The maximum atomic E-state index is 6.37. The Labute approximate surface area is 141 Å². The molecule has 4 heteroatoms. The first-order valence-corrected chi connectivity index (χ1v) is 8.11. The lowest BCUT2D eigenvalue weighted by molar-refractivity contribution is 0.676. The van der Waals surface area contributed by atoms with Gasteiger partial charge in [0.25, 0.3) is 0 Å². The Morgan fingerprint density at radius 2 is 1.67 bits per heavy atom. The normalized spacial score (nSPS) is 10.9. The van der Waals surface area contributed by atoms with Gasteiger partial charge in [-0.25, -0.2) is 0 Å². The quantitative estimate of drug-likeness (QED) is 0.645. The van der Waals surface area contributed by atoms with Gasteiger partial charge in [0, 0.05) is 17.1 Å². The van der Waals surface area contributed by atoms with Gasteiger partial charge < -0.3 is 5.32 Å². The van der Waals surface area contributed by atoms with Crippen molar-refractivity contribution in [3.05, 3.63) is 56.5 Å². The average Bonchev–Trinajstić information content (AvgIpc) is 2.40. The molecule has 112 valence electrons. The number of nitrogens with one attached hydrogen (secondary N) is 1. The van der Waals surface area contributed by atoms with Crippen LogP contribution in [0.5, 0.6) is 0 Å². The smallest absolute Gasteiger partial charge is 0.0514 e. The summed E-state index contributed by atoms with van der Waals surface area (Å²) in [7, 11) is 0. The molecule has 2 rings (SSSR count). The summed E-state index contributed by atoms with van der Waals surface area (Å²) in [5.41, 5.74) is 4.26. The minimum Gasteiger partial charge on any atom is -0.313 e. The molecular formula is C17H18Cl3N. The Kier molecular flexibility index (Phi) is 5.95. The third-order valence-corrected chi connectivity index (χ3v) is 4.10. The Morgan fingerprint density at radius 3 is 2.29 bits per heavy atom. The van der Waals surface area contributed by atoms with Crippen molar-refractivity contribution in [3.63, 3.8) is 0 Å². The Morgan fingerprint density at radius 1 is 1.00 bits per heavy atom. The van der Waals surface area contributed by atoms with Gasteiger partial charge in [0.15, 0.2) is 0 Å². The second-order valence-electron chi connectivity index (χ2n) is 5.08. The molecule has 0 aliphatic heterocycles. The van der Waals surface area contributed by atoms with Crippen LogP contribution in [0.15, 0.2) is 30.3 Å². The van der Waals surface area contributed by atoms with E-state index in [4.69, 9.17) is 34.8 Å². The molecular weight excluding hydrogens is 325 g/mol. The highest BCUT2D eigenvalue weighted by Gasteiger charge is 2.14. The molecule has 0 saturated carbocycles. The SMILES string of the molecule is CCCNCc1ccc(C)cc1-c1c(Cl)cc(Cl)cc1Cl. The third kappa shape index (κ3) is 4.14. The van der Waals surface area contributed by atoms with Crippen molar-refractivity contribution >= 4 is 34.8 Å². The fourth-order valence-corrected chi connectivity index (χ4v) is 3.30. The zero-order chi connectivity index (χ0) is 15.4. The van der Waals surface area contributed by atoms with Crippen molar-refractivity contribution in [3.8, 4) is 11.1 Å². The largest absolute Gasteiger partial charge is 0.313 e. The summed E-state index contributed by atoms with van der Waals surface area (Å²) in [6, 6.07) is 9.80. The molecule has 0 aromatic heterocycles. The molecule has 0 saturated heterocycles. The Bertz CT molecular complexity index is 615. The first kappa shape index (κ1) is 16.6. The van der Waals surface area contributed by atoms with E-state index in [9.17, 15) is 0 Å². The van der Waals surface area contributed by atoms with Gasteiger partial charge in [0.05, 0.1) is 10.0 Å². The van der Waals surface area contributed by atoms with Crippen molar-refractivity contribution in [1.29, 1.82) is 0 Å². The number of halogens is 3. The Hall–Kier alpha value is -0.730. The van der Waals surface area contributed by atoms with E-state index in [1.54, 1.807) is 12.1 Å². The zero-order valence-electron chi connectivity index (χ0n) is 12.1. The van der Waals surface area contributed by atoms with E-state index in [2.05, 4.69) is 37.4 Å². The summed E-state index contributed by atoms with van der Waals surface area (Å²) in [6.45, 7) is 5.98. The lowest BCUT2D eigenvalue weighted by Crippen LogP contribution is -2.14. The molecule has 1 nitrogen and oxygen atoms in total. The lowest BCUT2D eigenvalue weighted by atomic mass is 9.97. The van der Waals surface area contributed by atoms with Crippen LogP contribution >= 0.6 is 34.8 Å². The molecule has 0 aliphatic rings. The number of rotatable bonds is 5. The summed E-state index contributed by atoms with van der Waals surface area (Å²) in [5.74, 6) is 0. The highest BCUT2D eigenvalue weighted by atomic mass is 35.5. The number of aryl methyl sites for hydroxylation is 1. The van der Waals surface area contributed by atoms with E-state index in [0.29, 0.717) is 15.1 Å². The van der Waals surface area contributed by atoms with Crippen LogP contribution in [0.1, 0.15) is 24.5 Å². The van der Waals surface area contributed by atoms with Crippen molar-refractivity contribution in [2.75, 3.05) is 6.54 Å². The van der Waals surface area contributed by atoms with Gasteiger partial charge in [0.1, 0.15) is 0 Å². The highest BCUT2D eigenvalue weighted by molar-refractivity contribution is 6.41. The van der Waals surface area contributed by atoms with Crippen molar-refractivity contribution < 1.29 is 0 Å². The summed E-state index contributed by atoms with van der Waals surface area (Å²) < 4.78 is 0. The predicted octanol–water partition coefficient (Wildman–Crippen LogP) is 6.12. The molecule has 2 aromatic carbocycles. The van der Waals surface area contributed by atoms with Crippen LogP contribution in [0.4, 0.5) is 0 Å². The first-order valence-electron chi connectivity index (χ1n) is 6.98. The van der Waals surface area contributed by atoms with Gasteiger partial charge in [-0.1, -0.05) is 65.5 Å². The molecule has 0 spiro atoms. The number of hydrogen-bond donors (Lipinski definition) is 1. The van der Waals surface area contributed by atoms with Crippen LogP contribution in [0.3, 0.4) is 0 Å². The van der Waals surface area contributed by atoms with Gasteiger partial charge >= 0.3 is 0 Å². The fourth-order valence-electron chi connectivity index (χ4n) is 2.28. The molecule has 0 bridgehead atoms. The van der Waals surface area contributed by atoms with Crippen molar-refractivity contribution in [1.82, 2.24) is 5.32 Å². The van der Waals surface area contributed by atoms with Crippen LogP contribution in [0.25, 0.3) is 11.1 Å². The lowest BCUT2D eigenvalue weighted by Gasteiger charge is -2.15. The van der Waals surface area contributed by atoms with Crippen LogP contribution in [-0.2, 0) is 6.54 Å². The zero-order valence-corrected chi connectivity index (χ0v) is 14.4. The molecule has 0 aliphatic carbocycles. The van der Waals surface area contributed by atoms with Crippen LogP contribution in [0.2, 0.25) is 15.1 Å². The van der Waals surface area contributed by atoms with E-state index in [0.717, 1.165) is 30.6 Å². The average molecular weight is 343 g/mol. The van der Waals surface area contributed by atoms with E-state index in [1.165, 1.54) is 11.1 Å². The van der Waals surface area contributed by atoms with Crippen LogP contribution < -0.4 is 5.32 Å². The summed E-state index contributed by atoms with van der Waals surface area (Å²) in [4.78, 5) is 0. The number of hydrogen-bond acceptors (Lipinski definition) is 1. The Balaban J connectivity index is 2.49. The van der Waals surface area contributed by atoms with E-state index >= 15 is 0 Å². The molecule has 0 atom stereocenters. The molecule has 0 fully saturated rings. The maximum absolute atomic E-state index is 6.37. The fraction of sp³-hybridized carbons (Fsp3) is 0.294. The monoisotopic (exact) mass is 341 g/mol. The second-order valence-corrected chi connectivity index (χ2v) is 6.33. The summed E-state index contributed by atoms with van der Waals surface area (Å²) in [6.07, 6.45) is 1.10. The minimum atomic E-state index is 0.548. The molecule has 21 heavy (non-hydrogen) atoms. The summed E-state index contributed by atoms with van der Waals surface area (Å²) in [5, 5.41) is 5.12. The molecule has 2 aromatic rings. The third-order valence-electron chi connectivity index (χ3n) is 3.28. The maximum Gasteiger partial charge on any atom is 0.0514 e. The van der Waals surface area contributed by atoms with Crippen molar-refractivity contribution in [2.24, 2.45) is 0 Å². The molecule has 1 N–H and O–H groups in total. The second kappa shape index (κ2) is 7.51. The van der Waals surface area contributed by atoms with Gasteiger partial charge in [-0.3, -0.25) is 0 Å². The highest BCUT2D eigenvalue weighted by Crippen LogP contribution is 2.39. The molecule has 0 unspecified atom stereocenters. The van der Waals surface area contributed by atoms with Gasteiger partial charge in [-0.2, -0.15) is 0 Å². The van der Waals surface area contributed by atoms with E-state index in [1.807, 2.05) is 0 Å².